The summed E-state index contributed by atoms with van der Waals surface area (Å²) >= 11 is 0.276. The van der Waals surface area contributed by atoms with Crippen LogP contribution >= 0.6 is 11.8 Å². The Hall–Kier alpha value is -0.840. The summed E-state index contributed by atoms with van der Waals surface area (Å²) in [4.78, 5) is 10.0. The molecule has 1 aromatic heterocycles. The molecule has 0 N–H and O–H groups in total. The molecule has 0 amide bonds. The molecule has 0 unspecified atom stereocenters. The van der Waals surface area contributed by atoms with Crippen LogP contribution in [0.15, 0.2) is 21.6 Å². The Labute approximate surface area is 65.6 Å². The minimum absolute atomic E-state index is 0.0575. The molecule has 0 saturated heterocycles. The summed E-state index contributed by atoms with van der Waals surface area (Å²) in [5.74, 6) is -2.45. The average Bonchev–Trinajstić information content (AvgIpc) is 2.34. The van der Waals surface area contributed by atoms with Gasteiger partial charge in [0.05, 0.1) is 0 Å². The van der Waals surface area contributed by atoms with Crippen molar-refractivity contribution in [3.63, 3.8) is 0 Å². The maximum Gasteiger partial charge on any atom is 0.291 e. The van der Waals surface area contributed by atoms with Gasteiger partial charge in [0.25, 0.3) is 5.76 Å². The standard InChI is InChI=1S/C6H4F2O2S/c7-6(8)11-5-2-1-4(3-9)10-5/h1-3,6H. The van der Waals surface area contributed by atoms with E-state index >= 15 is 0 Å². The third-order valence-corrected chi connectivity index (χ3v) is 1.55. The smallest absolute Gasteiger partial charge is 0.291 e. The van der Waals surface area contributed by atoms with Crippen LogP contribution in [0.3, 0.4) is 0 Å². The highest BCUT2D eigenvalue weighted by Gasteiger charge is 2.08. The number of alkyl halides is 2. The van der Waals surface area contributed by atoms with E-state index in [-0.39, 0.29) is 22.6 Å². The highest BCUT2D eigenvalue weighted by Crippen LogP contribution is 2.26. The van der Waals surface area contributed by atoms with Crippen LogP contribution in [0.4, 0.5) is 8.78 Å². The Morgan fingerprint density at radius 3 is 2.73 bits per heavy atom. The van der Waals surface area contributed by atoms with Gasteiger partial charge in [-0.3, -0.25) is 4.79 Å². The van der Waals surface area contributed by atoms with Crippen molar-refractivity contribution in [1.29, 1.82) is 0 Å². The zero-order valence-corrected chi connectivity index (χ0v) is 6.11. The van der Waals surface area contributed by atoms with Gasteiger partial charge in [0.1, 0.15) is 0 Å². The lowest BCUT2D eigenvalue weighted by Gasteiger charge is -1.91. The third kappa shape index (κ3) is 2.34. The lowest BCUT2D eigenvalue weighted by Crippen LogP contribution is -1.77. The Kier molecular flexibility index (Phi) is 2.64. The SMILES string of the molecule is O=Cc1ccc(SC(F)F)o1. The van der Waals surface area contributed by atoms with Crippen LogP contribution in [-0.4, -0.2) is 12.0 Å². The van der Waals surface area contributed by atoms with Gasteiger partial charge in [-0.15, -0.1) is 0 Å². The van der Waals surface area contributed by atoms with Crippen LogP contribution < -0.4 is 0 Å². The summed E-state index contributed by atoms with van der Waals surface area (Å²) in [5.41, 5.74) is 0. The van der Waals surface area contributed by atoms with Gasteiger partial charge in [0.15, 0.2) is 17.1 Å². The van der Waals surface area contributed by atoms with Gasteiger partial charge in [-0.05, 0) is 23.9 Å². The molecule has 11 heavy (non-hydrogen) atoms. The molecule has 2 nitrogen and oxygen atoms in total. The van der Waals surface area contributed by atoms with E-state index in [9.17, 15) is 13.6 Å². The van der Waals surface area contributed by atoms with Gasteiger partial charge in [-0.1, -0.05) is 0 Å². The lowest BCUT2D eigenvalue weighted by atomic mass is 10.5. The Morgan fingerprint density at radius 1 is 1.55 bits per heavy atom. The summed E-state index contributed by atoms with van der Waals surface area (Å²) in [6.45, 7) is 0. The first kappa shape index (κ1) is 8.26. The van der Waals surface area contributed by atoms with Crippen molar-refractivity contribution in [2.75, 3.05) is 0 Å². The first-order chi connectivity index (χ1) is 5.22. The molecule has 0 aliphatic heterocycles. The van der Waals surface area contributed by atoms with E-state index < -0.39 is 5.76 Å². The molecule has 0 fully saturated rings. The fraction of sp³-hybridized carbons (Fsp3) is 0.167. The Morgan fingerprint density at radius 2 is 2.27 bits per heavy atom. The minimum atomic E-state index is -2.51. The first-order valence-corrected chi connectivity index (χ1v) is 3.60. The second-order valence-electron chi connectivity index (χ2n) is 1.65. The zero-order chi connectivity index (χ0) is 8.27. The molecule has 0 bridgehead atoms. The number of carbonyl (C=O) groups excluding carboxylic acids is 1. The molecule has 0 aliphatic carbocycles. The number of aldehydes is 1. The van der Waals surface area contributed by atoms with Gasteiger partial charge in [0, 0.05) is 0 Å². The molecule has 0 aliphatic rings. The second kappa shape index (κ2) is 3.52. The normalized spacial score (nSPS) is 10.5. The lowest BCUT2D eigenvalue weighted by molar-refractivity contribution is 0.109. The van der Waals surface area contributed by atoms with Crippen LogP contribution in [0.5, 0.6) is 0 Å². The predicted octanol–water partition coefficient (Wildman–Crippen LogP) is 2.41. The Bertz CT molecular complexity index is 246. The minimum Gasteiger partial charge on any atom is -0.447 e. The fourth-order valence-corrected chi connectivity index (χ4v) is 1.02. The summed E-state index contributed by atoms with van der Waals surface area (Å²) in [7, 11) is 0. The van der Waals surface area contributed by atoms with Crippen LogP contribution in [0.1, 0.15) is 10.6 Å². The van der Waals surface area contributed by atoms with Crippen molar-refractivity contribution >= 4 is 18.0 Å². The molecular weight excluding hydrogens is 174 g/mol. The number of thioether (sulfide) groups is 1. The number of furan rings is 1. The summed E-state index contributed by atoms with van der Waals surface area (Å²) in [6.07, 6.45) is 0.468. The van der Waals surface area contributed by atoms with Crippen LogP contribution in [0, 0.1) is 0 Å². The van der Waals surface area contributed by atoms with Crippen molar-refractivity contribution in [2.45, 2.75) is 10.8 Å². The third-order valence-electron chi connectivity index (χ3n) is 0.924. The molecule has 1 heterocycles. The molecule has 0 spiro atoms. The van der Waals surface area contributed by atoms with E-state index in [4.69, 9.17) is 0 Å². The molecule has 0 atom stereocenters. The molecular formula is C6H4F2O2S. The largest absolute Gasteiger partial charge is 0.447 e. The van der Waals surface area contributed by atoms with E-state index in [1.165, 1.54) is 12.1 Å². The maximum atomic E-state index is 11.6. The topological polar surface area (TPSA) is 30.2 Å². The van der Waals surface area contributed by atoms with Crippen LogP contribution in [0.25, 0.3) is 0 Å². The van der Waals surface area contributed by atoms with Gasteiger partial charge < -0.3 is 4.42 Å². The number of rotatable bonds is 3. The number of hydrogen-bond acceptors (Lipinski definition) is 3. The molecule has 5 heteroatoms. The number of carbonyl (C=O) groups is 1. The molecule has 1 aromatic rings. The molecule has 0 aromatic carbocycles. The van der Waals surface area contributed by atoms with Gasteiger partial charge in [0.2, 0.25) is 0 Å². The zero-order valence-electron chi connectivity index (χ0n) is 5.29. The molecule has 0 radical (unpaired) electrons. The van der Waals surface area contributed by atoms with Crippen LogP contribution in [-0.2, 0) is 0 Å². The quantitative estimate of drug-likeness (QED) is 0.526. The molecule has 60 valence electrons. The summed E-state index contributed by atoms with van der Waals surface area (Å²) in [6, 6.07) is 2.68. The highest BCUT2D eigenvalue weighted by atomic mass is 32.2. The Balaban J connectivity index is 2.65. The average molecular weight is 178 g/mol. The van der Waals surface area contributed by atoms with Gasteiger partial charge in [-0.2, -0.15) is 8.78 Å². The van der Waals surface area contributed by atoms with E-state index in [2.05, 4.69) is 4.42 Å². The second-order valence-corrected chi connectivity index (χ2v) is 2.65. The number of hydrogen-bond donors (Lipinski definition) is 0. The van der Waals surface area contributed by atoms with Crippen LogP contribution in [0.2, 0.25) is 0 Å². The molecule has 0 saturated carbocycles. The van der Waals surface area contributed by atoms with Crippen molar-refractivity contribution in [3.05, 3.63) is 17.9 Å². The maximum absolute atomic E-state index is 11.6. The number of halogens is 2. The van der Waals surface area contributed by atoms with E-state index in [0.717, 1.165) is 0 Å². The molecule has 1 rings (SSSR count). The predicted molar refractivity (Wildman–Crippen MR) is 36.0 cm³/mol. The van der Waals surface area contributed by atoms with Crippen molar-refractivity contribution in [1.82, 2.24) is 0 Å². The fourth-order valence-electron chi connectivity index (χ4n) is 0.549. The summed E-state index contributed by atoms with van der Waals surface area (Å²) in [5, 5.41) is 0.0575. The highest BCUT2D eigenvalue weighted by molar-refractivity contribution is 7.99. The van der Waals surface area contributed by atoms with E-state index in [0.29, 0.717) is 6.29 Å². The summed E-state index contributed by atoms with van der Waals surface area (Å²) < 4.78 is 28.0. The monoisotopic (exact) mass is 178 g/mol. The van der Waals surface area contributed by atoms with Gasteiger partial charge in [-0.25, -0.2) is 0 Å². The van der Waals surface area contributed by atoms with Crippen molar-refractivity contribution in [2.24, 2.45) is 0 Å². The van der Waals surface area contributed by atoms with E-state index in [1.54, 1.807) is 0 Å². The van der Waals surface area contributed by atoms with E-state index in [1.807, 2.05) is 0 Å². The van der Waals surface area contributed by atoms with Gasteiger partial charge >= 0.3 is 0 Å². The van der Waals surface area contributed by atoms with Crippen molar-refractivity contribution in [3.8, 4) is 0 Å². The van der Waals surface area contributed by atoms with Crippen molar-refractivity contribution < 1.29 is 18.0 Å². The first-order valence-electron chi connectivity index (χ1n) is 2.72.